The van der Waals surface area contributed by atoms with Crippen LogP contribution < -0.4 is 0 Å². The molecule has 3 heteroatoms. The first-order valence-corrected chi connectivity index (χ1v) is 6.69. The molecule has 0 atom stereocenters. The fourth-order valence-electron chi connectivity index (χ4n) is 1.50. The van der Waals surface area contributed by atoms with Gasteiger partial charge in [-0.15, -0.1) is 0 Å². The fraction of sp³-hybridized carbons (Fsp3) is 0.571. The maximum Gasteiger partial charge on any atom is 0.147 e. The molecule has 2 nitrogen and oxygen atoms in total. The predicted octanol–water partition coefficient (Wildman–Crippen LogP) is 4.33. The molecule has 1 aromatic carbocycles. The number of benzene rings is 1. The second kappa shape index (κ2) is 6.53. The van der Waals surface area contributed by atoms with Crippen molar-refractivity contribution >= 4 is 15.9 Å². The first kappa shape index (κ1) is 14.7. The van der Waals surface area contributed by atoms with Gasteiger partial charge in [-0.2, -0.15) is 0 Å². The molecule has 0 aliphatic carbocycles. The van der Waals surface area contributed by atoms with Gasteiger partial charge in [-0.1, -0.05) is 48.0 Å². The SMILES string of the molecule is CC(C)COCOC(C)(C)c1ccccc1Br. The maximum atomic E-state index is 5.79. The highest BCUT2D eigenvalue weighted by Crippen LogP contribution is 2.30. The summed E-state index contributed by atoms with van der Waals surface area (Å²) in [6.07, 6.45) is 0. The van der Waals surface area contributed by atoms with Gasteiger partial charge in [-0.05, 0) is 31.4 Å². The quantitative estimate of drug-likeness (QED) is 0.575. The lowest BCUT2D eigenvalue weighted by atomic mass is 9.98. The zero-order valence-electron chi connectivity index (χ0n) is 11.0. The average molecular weight is 301 g/mol. The van der Waals surface area contributed by atoms with Gasteiger partial charge in [0.05, 0.1) is 12.2 Å². The van der Waals surface area contributed by atoms with Crippen LogP contribution in [0, 0.1) is 5.92 Å². The van der Waals surface area contributed by atoms with E-state index in [1.807, 2.05) is 32.0 Å². The molecular formula is C14H21BrO2. The van der Waals surface area contributed by atoms with Crippen LogP contribution in [0.1, 0.15) is 33.3 Å². The van der Waals surface area contributed by atoms with Crippen LogP contribution in [-0.4, -0.2) is 13.4 Å². The van der Waals surface area contributed by atoms with Crippen molar-refractivity contribution in [3.63, 3.8) is 0 Å². The van der Waals surface area contributed by atoms with Crippen molar-refractivity contribution in [3.05, 3.63) is 34.3 Å². The third kappa shape index (κ3) is 4.78. The van der Waals surface area contributed by atoms with E-state index < -0.39 is 0 Å². The van der Waals surface area contributed by atoms with Gasteiger partial charge in [0.15, 0.2) is 0 Å². The zero-order valence-corrected chi connectivity index (χ0v) is 12.6. The van der Waals surface area contributed by atoms with Gasteiger partial charge in [-0.25, -0.2) is 0 Å². The number of hydrogen-bond donors (Lipinski definition) is 0. The van der Waals surface area contributed by atoms with Gasteiger partial charge in [0, 0.05) is 4.47 Å². The molecule has 0 bridgehead atoms. The summed E-state index contributed by atoms with van der Waals surface area (Å²) in [6.45, 7) is 9.40. The first-order valence-electron chi connectivity index (χ1n) is 5.90. The topological polar surface area (TPSA) is 18.5 Å². The molecule has 96 valence electrons. The van der Waals surface area contributed by atoms with Crippen LogP contribution in [0.25, 0.3) is 0 Å². The number of ether oxygens (including phenoxy) is 2. The minimum absolute atomic E-state index is 0.326. The molecule has 0 radical (unpaired) electrons. The molecule has 1 rings (SSSR count). The zero-order chi connectivity index (χ0) is 12.9. The Morgan fingerprint density at radius 3 is 2.47 bits per heavy atom. The number of hydrogen-bond acceptors (Lipinski definition) is 2. The highest BCUT2D eigenvalue weighted by Gasteiger charge is 2.23. The van der Waals surface area contributed by atoms with Gasteiger partial charge >= 0.3 is 0 Å². The molecule has 0 saturated carbocycles. The molecule has 17 heavy (non-hydrogen) atoms. The molecule has 0 spiro atoms. The molecule has 0 amide bonds. The Hall–Kier alpha value is -0.380. The predicted molar refractivity (Wildman–Crippen MR) is 73.9 cm³/mol. The Kier molecular flexibility index (Phi) is 5.63. The highest BCUT2D eigenvalue weighted by molar-refractivity contribution is 9.10. The van der Waals surface area contributed by atoms with Crippen LogP contribution >= 0.6 is 15.9 Å². The highest BCUT2D eigenvalue weighted by atomic mass is 79.9. The van der Waals surface area contributed by atoms with Crippen molar-refractivity contribution in [2.45, 2.75) is 33.3 Å². The van der Waals surface area contributed by atoms with Crippen molar-refractivity contribution in [1.29, 1.82) is 0 Å². The maximum absolute atomic E-state index is 5.79. The van der Waals surface area contributed by atoms with Gasteiger partial charge in [-0.3, -0.25) is 0 Å². The van der Waals surface area contributed by atoms with E-state index in [0.29, 0.717) is 12.7 Å². The minimum Gasteiger partial charge on any atom is -0.355 e. The second-order valence-electron chi connectivity index (χ2n) is 5.02. The van der Waals surface area contributed by atoms with Crippen molar-refractivity contribution < 1.29 is 9.47 Å². The Labute approximate surface area is 112 Å². The largest absolute Gasteiger partial charge is 0.355 e. The van der Waals surface area contributed by atoms with Crippen LogP contribution in [0.15, 0.2) is 28.7 Å². The van der Waals surface area contributed by atoms with E-state index in [-0.39, 0.29) is 5.60 Å². The molecule has 0 aliphatic heterocycles. The van der Waals surface area contributed by atoms with E-state index in [1.54, 1.807) is 0 Å². The van der Waals surface area contributed by atoms with E-state index in [1.165, 1.54) is 0 Å². The molecule has 0 unspecified atom stereocenters. The van der Waals surface area contributed by atoms with Gasteiger partial charge in [0.1, 0.15) is 6.79 Å². The molecule has 0 aliphatic rings. The lowest BCUT2D eigenvalue weighted by Gasteiger charge is -2.27. The standard InChI is InChI=1S/C14H21BrO2/c1-11(2)9-16-10-17-14(3,4)12-7-5-6-8-13(12)15/h5-8,11H,9-10H2,1-4H3. The van der Waals surface area contributed by atoms with Crippen LogP contribution in [0.3, 0.4) is 0 Å². The minimum atomic E-state index is -0.350. The summed E-state index contributed by atoms with van der Waals surface area (Å²) in [5.74, 6) is 0.533. The van der Waals surface area contributed by atoms with Gasteiger partial charge in [0.25, 0.3) is 0 Å². The summed E-state index contributed by atoms with van der Waals surface area (Å²) in [4.78, 5) is 0. The first-order chi connectivity index (χ1) is 7.93. The van der Waals surface area contributed by atoms with Gasteiger partial charge < -0.3 is 9.47 Å². The van der Waals surface area contributed by atoms with E-state index in [9.17, 15) is 0 Å². The van der Waals surface area contributed by atoms with Crippen molar-refractivity contribution in [1.82, 2.24) is 0 Å². The molecule has 1 aromatic rings. The van der Waals surface area contributed by atoms with Crippen molar-refractivity contribution in [2.75, 3.05) is 13.4 Å². The van der Waals surface area contributed by atoms with Crippen molar-refractivity contribution in [2.24, 2.45) is 5.92 Å². The monoisotopic (exact) mass is 300 g/mol. The molecule has 0 N–H and O–H groups in total. The Morgan fingerprint density at radius 2 is 1.88 bits per heavy atom. The molecule has 0 saturated heterocycles. The second-order valence-corrected chi connectivity index (χ2v) is 5.87. The smallest absolute Gasteiger partial charge is 0.147 e. The summed E-state index contributed by atoms with van der Waals surface area (Å²) in [5, 5.41) is 0. The van der Waals surface area contributed by atoms with E-state index in [0.717, 1.165) is 16.6 Å². The number of rotatable bonds is 6. The molecule has 0 heterocycles. The normalized spacial score (nSPS) is 12.1. The van der Waals surface area contributed by atoms with E-state index >= 15 is 0 Å². The Balaban J connectivity index is 2.54. The van der Waals surface area contributed by atoms with Crippen molar-refractivity contribution in [3.8, 4) is 0 Å². The van der Waals surface area contributed by atoms with Crippen LogP contribution in [0.4, 0.5) is 0 Å². The molecular weight excluding hydrogens is 280 g/mol. The average Bonchev–Trinajstić information content (AvgIpc) is 2.24. The Bertz CT molecular complexity index is 348. The Morgan fingerprint density at radius 1 is 1.24 bits per heavy atom. The summed E-state index contributed by atoms with van der Waals surface area (Å²) in [5.41, 5.74) is 0.782. The van der Waals surface area contributed by atoms with E-state index in [4.69, 9.17) is 9.47 Å². The summed E-state index contributed by atoms with van der Waals surface area (Å²) < 4.78 is 12.3. The molecule has 0 fully saturated rings. The summed E-state index contributed by atoms with van der Waals surface area (Å²) in [6, 6.07) is 8.10. The third-order valence-electron chi connectivity index (χ3n) is 2.48. The van der Waals surface area contributed by atoms with Crippen LogP contribution in [-0.2, 0) is 15.1 Å². The summed E-state index contributed by atoms with van der Waals surface area (Å²) >= 11 is 3.54. The fourth-order valence-corrected chi connectivity index (χ4v) is 2.26. The third-order valence-corrected chi connectivity index (χ3v) is 3.17. The summed E-state index contributed by atoms with van der Waals surface area (Å²) in [7, 11) is 0. The van der Waals surface area contributed by atoms with Crippen LogP contribution in [0.5, 0.6) is 0 Å². The number of halogens is 1. The lowest BCUT2D eigenvalue weighted by molar-refractivity contribution is -0.136. The van der Waals surface area contributed by atoms with Gasteiger partial charge in [0.2, 0.25) is 0 Å². The lowest BCUT2D eigenvalue weighted by Crippen LogP contribution is -2.24. The molecule has 0 aromatic heterocycles. The van der Waals surface area contributed by atoms with Crippen LogP contribution in [0.2, 0.25) is 0 Å². The van der Waals surface area contributed by atoms with E-state index in [2.05, 4.69) is 35.8 Å².